The summed E-state index contributed by atoms with van der Waals surface area (Å²) in [4.78, 5) is 23.4. The van der Waals surface area contributed by atoms with Crippen LogP contribution in [0.4, 0.5) is 20.2 Å². The Bertz CT molecular complexity index is 721. The first kappa shape index (κ1) is 16.6. The normalized spacial score (nSPS) is 10.2. The van der Waals surface area contributed by atoms with Crippen molar-refractivity contribution in [1.29, 1.82) is 0 Å². The number of amides is 2. The molecule has 0 aliphatic carbocycles. The Kier molecular flexibility index (Phi) is 5.37. The highest BCUT2D eigenvalue weighted by Gasteiger charge is 2.18. The van der Waals surface area contributed by atoms with Crippen LogP contribution < -0.4 is 10.6 Å². The molecule has 0 aromatic heterocycles. The number of hydrogen-bond donors (Lipinski definition) is 2. The molecule has 0 atom stereocenters. The van der Waals surface area contributed by atoms with E-state index < -0.39 is 29.1 Å². The minimum absolute atomic E-state index is 0.243. The molecule has 0 heterocycles. The molecule has 0 unspecified atom stereocenters. The van der Waals surface area contributed by atoms with E-state index in [-0.39, 0.29) is 12.3 Å². The molecule has 5 nitrogen and oxygen atoms in total. The maximum absolute atomic E-state index is 14.3. The third-order valence-electron chi connectivity index (χ3n) is 2.92. The van der Waals surface area contributed by atoms with Crippen LogP contribution >= 0.6 is 0 Å². The Hall–Kier alpha value is -2.80. The van der Waals surface area contributed by atoms with Crippen LogP contribution in [0.2, 0.25) is 0 Å². The number of halogens is 2. The molecule has 2 aromatic rings. The topological polar surface area (TPSA) is 67.4 Å². The highest BCUT2D eigenvalue weighted by atomic mass is 19.1. The maximum Gasteiger partial charge on any atom is 0.255 e. The Morgan fingerprint density at radius 3 is 2.39 bits per heavy atom. The number of rotatable bonds is 5. The molecule has 0 radical (unpaired) electrons. The van der Waals surface area contributed by atoms with Crippen molar-refractivity contribution < 1.29 is 23.1 Å². The molecular weight excluding hydrogens is 306 g/mol. The molecule has 0 saturated carbocycles. The summed E-state index contributed by atoms with van der Waals surface area (Å²) in [5.41, 5.74) is -0.563. The van der Waals surface area contributed by atoms with E-state index in [1.165, 1.54) is 7.11 Å². The summed E-state index contributed by atoms with van der Waals surface area (Å²) in [6, 6.07) is 10.2. The molecule has 7 heteroatoms. The van der Waals surface area contributed by atoms with Gasteiger partial charge < -0.3 is 15.4 Å². The van der Waals surface area contributed by atoms with Gasteiger partial charge in [0.05, 0.1) is 5.69 Å². The van der Waals surface area contributed by atoms with Gasteiger partial charge in [0, 0.05) is 12.7 Å². The van der Waals surface area contributed by atoms with Gasteiger partial charge in [-0.1, -0.05) is 18.2 Å². The quantitative estimate of drug-likeness (QED) is 0.890. The summed E-state index contributed by atoms with van der Waals surface area (Å²) in [5.74, 6) is -3.29. The van der Waals surface area contributed by atoms with E-state index in [2.05, 4.69) is 15.4 Å². The van der Waals surface area contributed by atoms with Gasteiger partial charge in [-0.15, -0.1) is 0 Å². The van der Waals surface area contributed by atoms with E-state index in [9.17, 15) is 18.4 Å². The van der Waals surface area contributed by atoms with Crippen LogP contribution in [-0.4, -0.2) is 25.5 Å². The van der Waals surface area contributed by atoms with Crippen LogP contribution in [-0.2, 0) is 9.53 Å². The van der Waals surface area contributed by atoms with Crippen molar-refractivity contribution in [2.24, 2.45) is 0 Å². The van der Waals surface area contributed by atoms with E-state index in [0.29, 0.717) is 5.56 Å². The average molecular weight is 320 g/mol. The van der Waals surface area contributed by atoms with E-state index in [1.54, 1.807) is 30.3 Å². The Morgan fingerprint density at radius 1 is 1.04 bits per heavy atom. The number of ether oxygens (including phenoxy) is 1. The van der Waals surface area contributed by atoms with Gasteiger partial charge in [0.15, 0.2) is 5.82 Å². The van der Waals surface area contributed by atoms with Crippen molar-refractivity contribution in [3.05, 3.63) is 59.7 Å². The molecule has 0 saturated heterocycles. The lowest BCUT2D eigenvalue weighted by Gasteiger charge is -2.12. The van der Waals surface area contributed by atoms with Crippen LogP contribution in [0, 0.1) is 11.6 Å². The van der Waals surface area contributed by atoms with Crippen molar-refractivity contribution in [3.8, 4) is 0 Å². The fourth-order valence-electron chi connectivity index (χ4n) is 1.85. The van der Waals surface area contributed by atoms with Gasteiger partial charge in [-0.25, -0.2) is 8.78 Å². The molecule has 2 N–H and O–H groups in total. The second-order valence-corrected chi connectivity index (χ2v) is 4.59. The zero-order valence-corrected chi connectivity index (χ0v) is 12.2. The second kappa shape index (κ2) is 7.46. The smallest absolute Gasteiger partial charge is 0.255 e. The SMILES string of the molecule is COCC(=O)Nc1c(F)ccc(NC(=O)c2ccccc2)c1F. The molecule has 23 heavy (non-hydrogen) atoms. The Balaban J connectivity index is 2.23. The van der Waals surface area contributed by atoms with Gasteiger partial charge in [-0.3, -0.25) is 9.59 Å². The molecule has 120 valence electrons. The van der Waals surface area contributed by atoms with Gasteiger partial charge in [-0.05, 0) is 24.3 Å². The van der Waals surface area contributed by atoms with Crippen molar-refractivity contribution >= 4 is 23.2 Å². The predicted octanol–water partition coefficient (Wildman–Crippen LogP) is 2.80. The second-order valence-electron chi connectivity index (χ2n) is 4.59. The molecule has 0 aliphatic heterocycles. The predicted molar refractivity (Wildman–Crippen MR) is 81.3 cm³/mol. The fourth-order valence-corrected chi connectivity index (χ4v) is 1.85. The number of methoxy groups -OCH3 is 1. The van der Waals surface area contributed by atoms with Gasteiger partial charge in [0.2, 0.25) is 0 Å². The lowest BCUT2D eigenvalue weighted by molar-refractivity contribution is -0.119. The first-order valence-electron chi connectivity index (χ1n) is 6.66. The summed E-state index contributed by atoms with van der Waals surface area (Å²) in [6.45, 7) is -0.348. The van der Waals surface area contributed by atoms with Crippen LogP contribution in [0.15, 0.2) is 42.5 Å². The number of carbonyl (C=O) groups is 2. The van der Waals surface area contributed by atoms with Crippen LogP contribution in [0.25, 0.3) is 0 Å². The van der Waals surface area contributed by atoms with Crippen molar-refractivity contribution in [1.82, 2.24) is 0 Å². The standard InChI is InChI=1S/C16H14F2N2O3/c1-23-9-13(21)20-15-11(17)7-8-12(14(15)18)19-16(22)10-5-3-2-4-6-10/h2-8H,9H2,1H3,(H,19,22)(H,20,21). The summed E-state index contributed by atoms with van der Waals surface area (Å²) in [5, 5.41) is 4.40. The van der Waals surface area contributed by atoms with Crippen molar-refractivity contribution in [2.45, 2.75) is 0 Å². The van der Waals surface area contributed by atoms with Gasteiger partial charge in [-0.2, -0.15) is 0 Å². The zero-order valence-electron chi connectivity index (χ0n) is 12.2. The molecule has 0 fully saturated rings. The average Bonchev–Trinajstić information content (AvgIpc) is 2.55. The number of nitrogens with one attached hydrogen (secondary N) is 2. The van der Waals surface area contributed by atoms with Gasteiger partial charge in [0.1, 0.15) is 18.1 Å². The molecule has 0 aliphatic rings. The van der Waals surface area contributed by atoms with E-state index in [0.717, 1.165) is 12.1 Å². The molecule has 0 bridgehead atoms. The van der Waals surface area contributed by atoms with Gasteiger partial charge in [0.25, 0.3) is 11.8 Å². The minimum Gasteiger partial charge on any atom is -0.375 e. The third-order valence-corrected chi connectivity index (χ3v) is 2.92. The fraction of sp³-hybridized carbons (Fsp3) is 0.125. The number of hydrogen-bond acceptors (Lipinski definition) is 3. The lowest BCUT2D eigenvalue weighted by Crippen LogP contribution is -2.20. The minimum atomic E-state index is -1.07. The largest absolute Gasteiger partial charge is 0.375 e. The van der Waals surface area contributed by atoms with Crippen molar-refractivity contribution in [3.63, 3.8) is 0 Å². The molecular formula is C16H14F2N2O3. The molecule has 2 amide bonds. The lowest BCUT2D eigenvalue weighted by atomic mass is 10.2. The van der Waals surface area contributed by atoms with Crippen LogP contribution in [0.3, 0.4) is 0 Å². The van der Waals surface area contributed by atoms with Crippen LogP contribution in [0.1, 0.15) is 10.4 Å². The summed E-state index contributed by atoms with van der Waals surface area (Å²) in [6.07, 6.45) is 0. The summed E-state index contributed by atoms with van der Waals surface area (Å²) >= 11 is 0. The van der Waals surface area contributed by atoms with E-state index in [1.807, 2.05) is 0 Å². The Morgan fingerprint density at radius 2 is 1.74 bits per heavy atom. The Labute approximate surface area is 131 Å². The molecule has 2 aromatic carbocycles. The maximum atomic E-state index is 14.3. The summed E-state index contributed by atoms with van der Waals surface area (Å²) in [7, 11) is 1.28. The van der Waals surface area contributed by atoms with Crippen molar-refractivity contribution in [2.75, 3.05) is 24.4 Å². The van der Waals surface area contributed by atoms with E-state index in [4.69, 9.17) is 0 Å². The number of benzene rings is 2. The molecule has 2 rings (SSSR count). The first-order valence-corrected chi connectivity index (χ1v) is 6.66. The zero-order chi connectivity index (χ0) is 16.8. The summed E-state index contributed by atoms with van der Waals surface area (Å²) < 4.78 is 32.6. The third kappa shape index (κ3) is 4.10. The number of carbonyl (C=O) groups excluding carboxylic acids is 2. The highest BCUT2D eigenvalue weighted by molar-refractivity contribution is 6.04. The molecule has 0 spiro atoms. The van der Waals surface area contributed by atoms with Crippen LogP contribution in [0.5, 0.6) is 0 Å². The van der Waals surface area contributed by atoms with Gasteiger partial charge >= 0.3 is 0 Å². The monoisotopic (exact) mass is 320 g/mol. The number of anilines is 2. The van der Waals surface area contributed by atoms with E-state index >= 15 is 0 Å². The highest BCUT2D eigenvalue weighted by Crippen LogP contribution is 2.26. The first-order chi connectivity index (χ1) is 11.0.